The highest BCUT2D eigenvalue weighted by atomic mass is 16.6. The molecule has 0 saturated carbocycles. The first-order chi connectivity index (χ1) is 37.7. The van der Waals surface area contributed by atoms with Crippen molar-refractivity contribution in [1.29, 1.82) is 0 Å². The van der Waals surface area contributed by atoms with Gasteiger partial charge in [0, 0.05) is 45.0 Å². The Labute approximate surface area is 482 Å². The van der Waals surface area contributed by atoms with E-state index >= 15 is 0 Å². The standard InChI is InChI=1S/C62H97N5O14/c1-21-38(4)51(64-50(68)36-65(17)55(70)48(35-45-27-25-24-26-28-45)67(19)54(69)43(9)63-60(75)81-62(14,15)16)56(71)66(18)44(10)58(73)78-52(39(5)22-2)42(8)49(77-37-46-30-32-47(76-20)33-31-46)34-29-41(7)57(72)79-53(40(6)23-3)59(74)80-61(11,12)13/h24-33,38-40,42-44,48-49,51-53H,21-23,34-37H2,1-20H3,(H,63,75)(H,64,68)/b41-29+/t38-,39-,40-,42-,43-,44-,48+,49-,51-,52+,53+/m0/s1. The van der Waals surface area contributed by atoms with Crippen LogP contribution in [0.25, 0.3) is 0 Å². The van der Waals surface area contributed by atoms with Crippen molar-refractivity contribution in [2.75, 3.05) is 34.8 Å². The summed E-state index contributed by atoms with van der Waals surface area (Å²) < 4.78 is 35.0. The maximum absolute atomic E-state index is 14.5. The molecular formula is C62H97N5O14. The van der Waals surface area contributed by atoms with Gasteiger partial charge in [0.05, 0.1) is 26.4 Å². The quantitative estimate of drug-likeness (QED) is 0.0424. The summed E-state index contributed by atoms with van der Waals surface area (Å²) in [6.45, 7) is 27.9. The highest BCUT2D eigenvalue weighted by molar-refractivity contribution is 5.95. The van der Waals surface area contributed by atoms with Gasteiger partial charge in [0.1, 0.15) is 47.2 Å². The smallest absolute Gasteiger partial charge is 0.408 e. The van der Waals surface area contributed by atoms with Crippen LogP contribution in [-0.2, 0) is 70.3 Å². The van der Waals surface area contributed by atoms with Gasteiger partial charge in [-0.15, -0.1) is 0 Å². The second-order valence-electron chi connectivity index (χ2n) is 23.5. The van der Waals surface area contributed by atoms with Gasteiger partial charge >= 0.3 is 24.0 Å². The van der Waals surface area contributed by atoms with Gasteiger partial charge in [-0.3, -0.25) is 19.2 Å². The van der Waals surface area contributed by atoms with Crippen molar-refractivity contribution >= 4 is 47.6 Å². The molecule has 0 fully saturated rings. The first-order valence-corrected chi connectivity index (χ1v) is 28.4. The molecular weight excluding hydrogens is 1040 g/mol. The van der Waals surface area contributed by atoms with E-state index in [1.165, 1.54) is 42.8 Å². The van der Waals surface area contributed by atoms with Crippen LogP contribution < -0.4 is 15.4 Å². The number of ether oxygens (including phenoxy) is 6. The molecule has 2 N–H and O–H groups in total. The summed E-state index contributed by atoms with van der Waals surface area (Å²) in [5.74, 6) is -5.05. The zero-order chi connectivity index (χ0) is 61.7. The minimum atomic E-state index is -1.12. The largest absolute Gasteiger partial charge is 0.497 e. The zero-order valence-corrected chi connectivity index (χ0v) is 52.1. The first kappa shape index (κ1) is 70.6. The number of hydrogen-bond donors (Lipinski definition) is 2. The lowest BCUT2D eigenvalue weighted by atomic mass is 9.86. The van der Waals surface area contributed by atoms with Crippen molar-refractivity contribution in [3.8, 4) is 5.75 Å². The van der Waals surface area contributed by atoms with Crippen LogP contribution in [-0.4, -0.2) is 151 Å². The van der Waals surface area contributed by atoms with E-state index in [0.29, 0.717) is 25.0 Å². The van der Waals surface area contributed by atoms with Crippen LogP contribution in [0.3, 0.4) is 0 Å². The van der Waals surface area contributed by atoms with Crippen LogP contribution in [0.2, 0.25) is 0 Å². The molecule has 0 unspecified atom stereocenters. The van der Waals surface area contributed by atoms with E-state index in [0.717, 1.165) is 11.1 Å². The van der Waals surface area contributed by atoms with Gasteiger partial charge in [-0.25, -0.2) is 19.2 Å². The predicted octanol–water partition coefficient (Wildman–Crippen LogP) is 8.63. The lowest BCUT2D eigenvalue weighted by Crippen LogP contribution is -2.57. The van der Waals surface area contributed by atoms with Gasteiger partial charge in [0.2, 0.25) is 29.7 Å². The molecule has 0 aliphatic heterocycles. The van der Waals surface area contributed by atoms with Crippen molar-refractivity contribution in [2.24, 2.45) is 23.7 Å². The number of methoxy groups -OCH3 is 1. The fourth-order valence-corrected chi connectivity index (χ4v) is 8.58. The van der Waals surface area contributed by atoms with Gasteiger partial charge in [-0.05, 0) is 110 Å². The Bertz CT molecular complexity index is 2400. The Hall–Kier alpha value is -6.50. The maximum Gasteiger partial charge on any atom is 0.408 e. The average Bonchev–Trinajstić information content (AvgIpc) is 3.41. The second-order valence-corrected chi connectivity index (χ2v) is 23.5. The van der Waals surface area contributed by atoms with Crippen LogP contribution in [0.5, 0.6) is 5.75 Å². The van der Waals surface area contributed by atoms with E-state index in [4.69, 9.17) is 28.4 Å². The summed E-state index contributed by atoms with van der Waals surface area (Å²) in [6, 6.07) is 12.1. The third kappa shape index (κ3) is 23.1. The molecule has 0 heterocycles. The molecule has 454 valence electrons. The van der Waals surface area contributed by atoms with Crippen LogP contribution in [0, 0.1) is 23.7 Å². The highest BCUT2D eigenvalue weighted by Gasteiger charge is 2.39. The summed E-state index contributed by atoms with van der Waals surface area (Å²) in [5, 5.41) is 5.36. The molecule has 5 amide bonds. The summed E-state index contributed by atoms with van der Waals surface area (Å²) in [5.41, 5.74) is 0.247. The molecule has 2 aromatic rings. The van der Waals surface area contributed by atoms with Crippen molar-refractivity contribution in [1.82, 2.24) is 25.3 Å². The van der Waals surface area contributed by atoms with E-state index in [2.05, 4.69) is 10.6 Å². The molecule has 19 heteroatoms. The van der Waals surface area contributed by atoms with Gasteiger partial charge < -0.3 is 53.8 Å². The first-order valence-electron chi connectivity index (χ1n) is 28.4. The molecule has 0 bridgehead atoms. The summed E-state index contributed by atoms with van der Waals surface area (Å²) in [6.07, 6.45) is 0.359. The maximum atomic E-state index is 14.5. The normalized spacial score (nSPS) is 16.0. The van der Waals surface area contributed by atoms with Gasteiger partial charge in [0.25, 0.3) is 0 Å². The Morgan fingerprint density at radius 1 is 0.642 bits per heavy atom. The van der Waals surface area contributed by atoms with E-state index in [1.54, 1.807) is 87.6 Å². The number of carbonyl (C=O) groups excluding carboxylic acids is 8. The Balaban J connectivity index is 2.40. The monoisotopic (exact) mass is 1140 g/mol. The van der Waals surface area contributed by atoms with E-state index < -0.39 is 120 Å². The lowest BCUT2D eigenvalue weighted by molar-refractivity contribution is -0.177. The van der Waals surface area contributed by atoms with Gasteiger partial charge in [-0.2, -0.15) is 0 Å². The third-order valence-corrected chi connectivity index (χ3v) is 14.5. The Morgan fingerprint density at radius 2 is 1.21 bits per heavy atom. The number of esters is 3. The van der Waals surface area contributed by atoms with Crippen molar-refractivity contribution in [2.45, 2.75) is 203 Å². The lowest BCUT2D eigenvalue weighted by Gasteiger charge is -2.36. The van der Waals surface area contributed by atoms with Crippen LogP contribution in [0.15, 0.2) is 66.2 Å². The Kier molecular flexibility index (Phi) is 28.6. The molecule has 0 radical (unpaired) electrons. The molecule has 11 atom stereocenters. The molecule has 0 saturated heterocycles. The highest BCUT2D eigenvalue weighted by Crippen LogP contribution is 2.29. The van der Waals surface area contributed by atoms with Crippen molar-refractivity contribution in [3.05, 3.63) is 77.4 Å². The summed E-state index contributed by atoms with van der Waals surface area (Å²) in [4.78, 5) is 114. The molecule has 0 aliphatic carbocycles. The number of amides is 5. The van der Waals surface area contributed by atoms with E-state index in [9.17, 15) is 38.4 Å². The number of carbonyl (C=O) groups is 8. The fraction of sp³-hybridized carbons (Fsp3) is 0.645. The number of likely N-dealkylation sites (N-methyl/N-ethyl adjacent to an activating group) is 3. The predicted molar refractivity (Wildman–Crippen MR) is 310 cm³/mol. The molecule has 0 spiro atoms. The second kappa shape index (κ2) is 32.8. The number of nitrogens with zero attached hydrogens (tertiary/aromatic N) is 3. The van der Waals surface area contributed by atoms with Crippen LogP contribution in [0.4, 0.5) is 4.79 Å². The number of hydrogen-bond acceptors (Lipinski definition) is 14. The molecule has 2 rings (SSSR count). The van der Waals surface area contributed by atoms with Gasteiger partial charge in [-0.1, -0.05) is 110 Å². The fourth-order valence-electron chi connectivity index (χ4n) is 8.58. The van der Waals surface area contributed by atoms with E-state index in [1.807, 2.05) is 84.0 Å². The molecule has 19 nitrogen and oxygen atoms in total. The third-order valence-electron chi connectivity index (χ3n) is 14.5. The zero-order valence-electron chi connectivity index (χ0n) is 52.1. The molecule has 81 heavy (non-hydrogen) atoms. The number of benzene rings is 2. The topological polar surface area (TPSA) is 226 Å². The van der Waals surface area contributed by atoms with Crippen LogP contribution in [0.1, 0.15) is 148 Å². The van der Waals surface area contributed by atoms with E-state index in [-0.39, 0.29) is 36.9 Å². The Morgan fingerprint density at radius 3 is 1.74 bits per heavy atom. The number of rotatable bonds is 30. The molecule has 2 aromatic carbocycles. The SMILES string of the molecule is CC[C@H](C)[C@@H](OC(=O)[C@H](C)N(C)C(=O)[C@@H](NC(=O)CN(C)C(=O)[C@@H](Cc1ccccc1)N(C)C(=O)[C@H](C)NC(=O)OC(C)(C)C)[C@@H](C)CC)[C@@H](C)[C@H](C/C=C(\C)C(=O)O[C@@H](C(=O)OC(C)(C)C)[C@@H](C)CC)OCc1ccc(OC)cc1. The van der Waals surface area contributed by atoms with Gasteiger partial charge in [0.15, 0.2) is 0 Å². The molecule has 0 aliphatic rings. The molecule has 0 aromatic heterocycles. The summed E-state index contributed by atoms with van der Waals surface area (Å²) in [7, 11) is 5.93. The summed E-state index contributed by atoms with van der Waals surface area (Å²) >= 11 is 0. The van der Waals surface area contributed by atoms with Crippen molar-refractivity contribution < 1.29 is 66.8 Å². The minimum Gasteiger partial charge on any atom is -0.497 e. The van der Waals surface area contributed by atoms with Crippen molar-refractivity contribution in [3.63, 3.8) is 0 Å². The average molecular weight is 1140 g/mol. The number of nitrogens with one attached hydrogen (secondary N) is 2. The van der Waals surface area contributed by atoms with Crippen LogP contribution >= 0.6 is 0 Å². The number of alkyl carbamates (subject to hydrolysis) is 1. The minimum absolute atomic E-state index is 0.0959.